The molecule has 0 amide bonds. The molecule has 1 aliphatic heterocycles. The number of hydrogen-bond donors (Lipinski definition) is 0. The van der Waals surface area contributed by atoms with E-state index in [-0.39, 0.29) is 0 Å². The third kappa shape index (κ3) is 9.92. The topological polar surface area (TPSA) is 21.6 Å². The lowest BCUT2D eigenvalue weighted by atomic mass is 10.0. The van der Waals surface area contributed by atoms with Crippen molar-refractivity contribution in [3.8, 4) is 0 Å². The maximum atomic E-state index is 5.76. The van der Waals surface area contributed by atoms with Gasteiger partial charge in [0.1, 0.15) is 6.10 Å². The number of aliphatic imine (C=N–C) groups is 1. The molecule has 0 aromatic carbocycles. The highest BCUT2D eigenvalue weighted by molar-refractivity contribution is 5.77. The fraction of sp³-hybridized carbons (Fsp3) is 0.947. The summed E-state index contributed by atoms with van der Waals surface area (Å²) in [6.07, 6.45) is 19.4. The summed E-state index contributed by atoms with van der Waals surface area (Å²) < 4.78 is 5.76. The van der Waals surface area contributed by atoms with Crippen molar-refractivity contribution >= 4 is 5.90 Å². The van der Waals surface area contributed by atoms with E-state index < -0.39 is 0 Å². The molecule has 2 nitrogen and oxygen atoms in total. The Kier molecular flexibility index (Phi) is 11.6. The fourth-order valence-electron chi connectivity index (χ4n) is 2.94. The average Bonchev–Trinajstić information content (AvgIpc) is 2.96. The second-order valence-corrected chi connectivity index (χ2v) is 6.52. The molecule has 2 heteroatoms. The summed E-state index contributed by atoms with van der Waals surface area (Å²) in [4.78, 5) is 4.47. The maximum absolute atomic E-state index is 5.76. The van der Waals surface area contributed by atoms with E-state index in [1.54, 1.807) is 0 Å². The summed E-state index contributed by atoms with van der Waals surface area (Å²) in [6, 6.07) is 0. The highest BCUT2D eigenvalue weighted by atomic mass is 16.5. The molecular formula is C19H37NO. The summed E-state index contributed by atoms with van der Waals surface area (Å²) in [6.45, 7) is 5.35. The second kappa shape index (κ2) is 13.2. The fourth-order valence-corrected chi connectivity index (χ4v) is 2.94. The molecule has 0 aromatic rings. The van der Waals surface area contributed by atoms with Crippen molar-refractivity contribution < 1.29 is 4.74 Å². The molecule has 124 valence electrons. The van der Waals surface area contributed by atoms with Crippen LogP contribution in [0.15, 0.2) is 4.99 Å². The Morgan fingerprint density at radius 3 is 1.81 bits per heavy atom. The van der Waals surface area contributed by atoms with Gasteiger partial charge in [0.25, 0.3) is 0 Å². The zero-order chi connectivity index (χ0) is 15.2. The predicted molar refractivity (Wildman–Crippen MR) is 93.2 cm³/mol. The lowest BCUT2D eigenvalue weighted by molar-refractivity contribution is 0.213. The first kappa shape index (κ1) is 18.5. The van der Waals surface area contributed by atoms with Crippen LogP contribution in [-0.2, 0) is 4.74 Å². The first-order valence-corrected chi connectivity index (χ1v) is 9.56. The first-order valence-electron chi connectivity index (χ1n) is 9.56. The molecule has 1 rings (SSSR count). The van der Waals surface area contributed by atoms with Gasteiger partial charge in [-0.05, 0) is 12.8 Å². The SMILES string of the molecule is CCCCCCCCCCCCCCC1=NCC(CC)O1. The van der Waals surface area contributed by atoms with E-state index in [4.69, 9.17) is 4.74 Å². The number of hydrogen-bond acceptors (Lipinski definition) is 2. The minimum Gasteiger partial charge on any atom is -0.476 e. The Hall–Kier alpha value is -0.530. The third-order valence-corrected chi connectivity index (χ3v) is 4.47. The molecule has 0 fully saturated rings. The molecule has 1 atom stereocenters. The van der Waals surface area contributed by atoms with Gasteiger partial charge in [0.2, 0.25) is 0 Å². The lowest BCUT2D eigenvalue weighted by Crippen LogP contribution is -2.11. The van der Waals surface area contributed by atoms with E-state index in [0.29, 0.717) is 6.10 Å². The third-order valence-electron chi connectivity index (χ3n) is 4.47. The Morgan fingerprint density at radius 2 is 1.33 bits per heavy atom. The van der Waals surface area contributed by atoms with Crippen molar-refractivity contribution in [1.29, 1.82) is 0 Å². The van der Waals surface area contributed by atoms with Crippen molar-refractivity contribution in [2.45, 2.75) is 110 Å². The molecule has 0 N–H and O–H groups in total. The number of nitrogens with zero attached hydrogens (tertiary/aromatic N) is 1. The maximum Gasteiger partial charge on any atom is 0.183 e. The van der Waals surface area contributed by atoms with Gasteiger partial charge in [0.05, 0.1) is 6.54 Å². The molecule has 1 heterocycles. The van der Waals surface area contributed by atoms with Crippen LogP contribution in [0.25, 0.3) is 0 Å². The van der Waals surface area contributed by atoms with E-state index in [9.17, 15) is 0 Å². The van der Waals surface area contributed by atoms with Gasteiger partial charge in [-0.2, -0.15) is 0 Å². The van der Waals surface area contributed by atoms with Gasteiger partial charge in [-0.3, -0.25) is 4.99 Å². The van der Waals surface area contributed by atoms with Crippen molar-refractivity contribution in [2.24, 2.45) is 4.99 Å². The zero-order valence-electron chi connectivity index (χ0n) is 14.5. The van der Waals surface area contributed by atoms with E-state index in [2.05, 4.69) is 18.8 Å². The summed E-state index contributed by atoms with van der Waals surface area (Å²) in [7, 11) is 0. The monoisotopic (exact) mass is 295 g/mol. The smallest absolute Gasteiger partial charge is 0.183 e. The van der Waals surface area contributed by atoms with Crippen molar-refractivity contribution in [2.75, 3.05) is 6.54 Å². The van der Waals surface area contributed by atoms with Crippen LogP contribution in [-0.4, -0.2) is 18.5 Å². The summed E-state index contributed by atoms with van der Waals surface area (Å²) >= 11 is 0. The Labute approximate surface area is 132 Å². The van der Waals surface area contributed by atoms with Crippen LogP contribution in [0.5, 0.6) is 0 Å². The first-order chi connectivity index (χ1) is 10.4. The van der Waals surface area contributed by atoms with E-state index >= 15 is 0 Å². The molecule has 0 radical (unpaired) electrons. The van der Waals surface area contributed by atoms with Crippen LogP contribution in [0.1, 0.15) is 104 Å². The van der Waals surface area contributed by atoms with Crippen LogP contribution in [0.3, 0.4) is 0 Å². The molecule has 0 bridgehead atoms. The number of unbranched alkanes of at least 4 members (excludes halogenated alkanes) is 11. The quantitative estimate of drug-likeness (QED) is 0.345. The average molecular weight is 296 g/mol. The summed E-state index contributed by atoms with van der Waals surface area (Å²) in [5.41, 5.74) is 0. The number of rotatable bonds is 14. The molecule has 1 unspecified atom stereocenters. The minimum atomic E-state index is 0.373. The van der Waals surface area contributed by atoms with Gasteiger partial charge in [-0.15, -0.1) is 0 Å². The minimum absolute atomic E-state index is 0.373. The molecule has 0 spiro atoms. The molecule has 0 saturated carbocycles. The van der Waals surface area contributed by atoms with Crippen LogP contribution >= 0.6 is 0 Å². The highest BCUT2D eigenvalue weighted by Gasteiger charge is 2.16. The van der Waals surface area contributed by atoms with Gasteiger partial charge in [0, 0.05) is 6.42 Å². The van der Waals surface area contributed by atoms with Gasteiger partial charge in [0.15, 0.2) is 5.90 Å². The Balaban J connectivity index is 1.75. The van der Waals surface area contributed by atoms with Gasteiger partial charge < -0.3 is 4.74 Å². The van der Waals surface area contributed by atoms with Crippen LogP contribution < -0.4 is 0 Å². The summed E-state index contributed by atoms with van der Waals surface area (Å²) in [5, 5.41) is 0. The van der Waals surface area contributed by atoms with E-state index in [1.165, 1.54) is 77.0 Å². The van der Waals surface area contributed by atoms with Crippen molar-refractivity contribution in [3.63, 3.8) is 0 Å². The van der Waals surface area contributed by atoms with Gasteiger partial charge in [-0.25, -0.2) is 0 Å². The van der Waals surface area contributed by atoms with Crippen molar-refractivity contribution in [3.05, 3.63) is 0 Å². The molecule has 21 heavy (non-hydrogen) atoms. The predicted octanol–water partition coefficient (Wildman–Crippen LogP) is 6.28. The van der Waals surface area contributed by atoms with E-state index in [1.807, 2.05) is 0 Å². The largest absolute Gasteiger partial charge is 0.476 e. The molecule has 0 saturated heterocycles. The highest BCUT2D eigenvalue weighted by Crippen LogP contribution is 2.15. The molecule has 0 aliphatic carbocycles. The normalized spacial score (nSPS) is 17.8. The second-order valence-electron chi connectivity index (χ2n) is 6.52. The van der Waals surface area contributed by atoms with Gasteiger partial charge >= 0.3 is 0 Å². The van der Waals surface area contributed by atoms with Crippen LogP contribution in [0.4, 0.5) is 0 Å². The molecule has 1 aliphatic rings. The van der Waals surface area contributed by atoms with Gasteiger partial charge in [-0.1, -0.05) is 84.5 Å². The lowest BCUT2D eigenvalue weighted by Gasteiger charge is -2.08. The molecule has 0 aromatic heterocycles. The Morgan fingerprint density at radius 1 is 0.810 bits per heavy atom. The molecular weight excluding hydrogens is 258 g/mol. The standard InChI is InChI=1S/C19H37NO/c1-3-5-6-7-8-9-10-11-12-13-14-15-16-19-20-17-18(4-2)21-19/h18H,3-17H2,1-2H3. The van der Waals surface area contributed by atoms with E-state index in [0.717, 1.165) is 25.3 Å². The van der Waals surface area contributed by atoms with Crippen molar-refractivity contribution in [1.82, 2.24) is 0 Å². The van der Waals surface area contributed by atoms with Crippen LogP contribution in [0, 0.1) is 0 Å². The Bertz CT molecular complexity index is 262. The number of ether oxygens (including phenoxy) is 1. The van der Waals surface area contributed by atoms with Crippen LogP contribution in [0.2, 0.25) is 0 Å². The zero-order valence-corrected chi connectivity index (χ0v) is 14.5. The summed E-state index contributed by atoms with van der Waals surface area (Å²) in [5.74, 6) is 1.02.